The van der Waals surface area contributed by atoms with Crippen LogP contribution in [0, 0.1) is 5.41 Å². The third kappa shape index (κ3) is 3.32. The van der Waals surface area contributed by atoms with Gasteiger partial charge in [-0.3, -0.25) is 9.59 Å². The minimum Gasteiger partial charge on any atom is -0.481 e. The lowest BCUT2D eigenvalue weighted by molar-refractivity contribution is -0.159. The second-order valence-corrected chi connectivity index (χ2v) is 6.38. The lowest BCUT2D eigenvalue weighted by Gasteiger charge is -2.38. The molecule has 0 radical (unpaired) electrons. The van der Waals surface area contributed by atoms with Crippen molar-refractivity contribution < 1.29 is 19.4 Å². The van der Waals surface area contributed by atoms with E-state index in [0.29, 0.717) is 25.9 Å². The molecule has 1 amide bonds. The maximum atomic E-state index is 12.5. The van der Waals surface area contributed by atoms with Gasteiger partial charge < -0.3 is 14.7 Å². The third-order valence-corrected chi connectivity index (χ3v) is 4.53. The maximum absolute atomic E-state index is 12.5. The maximum Gasteiger partial charge on any atom is 0.310 e. The quantitative estimate of drug-likeness (QED) is 0.861. The Morgan fingerprint density at radius 1 is 1.15 bits per heavy atom. The fourth-order valence-electron chi connectivity index (χ4n) is 3.48. The highest BCUT2D eigenvalue weighted by Crippen LogP contribution is 2.40. The summed E-state index contributed by atoms with van der Waals surface area (Å²) in [6.07, 6.45) is 4.35. The van der Waals surface area contributed by atoms with Crippen LogP contribution in [0.4, 0.5) is 0 Å². The summed E-state index contributed by atoms with van der Waals surface area (Å²) in [4.78, 5) is 25.9. The molecular weight excluding hydrogens is 258 g/mol. The molecule has 1 N–H and O–H groups in total. The van der Waals surface area contributed by atoms with E-state index in [-0.39, 0.29) is 24.5 Å². The Morgan fingerprint density at radius 2 is 1.70 bits per heavy atom. The molecule has 2 aliphatic rings. The highest BCUT2D eigenvalue weighted by Gasteiger charge is 2.42. The number of morpholine rings is 1. The summed E-state index contributed by atoms with van der Waals surface area (Å²) in [5.41, 5.74) is -0.833. The van der Waals surface area contributed by atoms with Gasteiger partial charge in [-0.25, -0.2) is 0 Å². The van der Waals surface area contributed by atoms with Crippen LogP contribution >= 0.6 is 0 Å². The molecular formula is C15H25NO4. The number of hydrogen-bond donors (Lipinski definition) is 1. The van der Waals surface area contributed by atoms with Crippen LogP contribution in [0.15, 0.2) is 0 Å². The van der Waals surface area contributed by atoms with E-state index in [9.17, 15) is 14.7 Å². The second-order valence-electron chi connectivity index (χ2n) is 6.38. The van der Waals surface area contributed by atoms with Gasteiger partial charge in [-0.15, -0.1) is 0 Å². The fraction of sp³-hybridized carbons (Fsp3) is 0.867. The van der Waals surface area contributed by atoms with E-state index in [1.165, 1.54) is 0 Å². The molecule has 114 valence electrons. The first-order valence-electron chi connectivity index (χ1n) is 7.59. The predicted molar refractivity (Wildman–Crippen MR) is 74.4 cm³/mol. The summed E-state index contributed by atoms with van der Waals surface area (Å²) in [7, 11) is 0. The van der Waals surface area contributed by atoms with Gasteiger partial charge in [0.15, 0.2) is 0 Å². The van der Waals surface area contributed by atoms with Crippen molar-refractivity contribution in [3.63, 3.8) is 0 Å². The number of ether oxygens (including phenoxy) is 1. The number of carbonyl (C=O) groups is 2. The summed E-state index contributed by atoms with van der Waals surface area (Å²) in [6, 6.07) is 0. The molecule has 0 aromatic heterocycles. The summed E-state index contributed by atoms with van der Waals surface area (Å²) in [5, 5.41) is 9.54. The van der Waals surface area contributed by atoms with E-state index < -0.39 is 11.4 Å². The first kappa shape index (κ1) is 15.3. The van der Waals surface area contributed by atoms with Gasteiger partial charge in [-0.05, 0) is 26.7 Å². The Balaban J connectivity index is 2.03. The number of carboxylic acids is 1. The minimum absolute atomic E-state index is 0.0230. The van der Waals surface area contributed by atoms with E-state index >= 15 is 0 Å². The first-order valence-corrected chi connectivity index (χ1v) is 7.59. The van der Waals surface area contributed by atoms with E-state index in [0.717, 1.165) is 19.3 Å². The van der Waals surface area contributed by atoms with Crippen LogP contribution in [0.2, 0.25) is 0 Å². The molecule has 20 heavy (non-hydrogen) atoms. The summed E-state index contributed by atoms with van der Waals surface area (Å²) < 4.78 is 5.62. The van der Waals surface area contributed by atoms with Crippen molar-refractivity contribution in [1.82, 2.24) is 4.90 Å². The van der Waals surface area contributed by atoms with E-state index in [1.807, 2.05) is 13.8 Å². The van der Waals surface area contributed by atoms with Crippen molar-refractivity contribution in [1.29, 1.82) is 0 Å². The molecule has 0 spiro atoms. The average Bonchev–Trinajstić information content (AvgIpc) is 2.38. The highest BCUT2D eigenvalue weighted by atomic mass is 16.5. The van der Waals surface area contributed by atoms with Gasteiger partial charge in [0.05, 0.1) is 17.6 Å². The van der Waals surface area contributed by atoms with E-state index in [4.69, 9.17) is 4.74 Å². The molecule has 1 aliphatic carbocycles. The standard InChI is InChI=1S/C15H25NO4/c1-11-9-16(10-12(2)20-11)13(17)8-15(14(18)19)6-4-3-5-7-15/h11-12H,3-10H2,1-2H3,(H,18,19)/t11-,12+. The molecule has 1 saturated carbocycles. The largest absolute Gasteiger partial charge is 0.481 e. The van der Waals surface area contributed by atoms with Crippen LogP contribution in [-0.2, 0) is 14.3 Å². The lowest BCUT2D eigenvalue weighted by atomic mass is 9.71. The zero-order valence-electron chi connectivity index (χ0n) is 12.4. The summed E-state index contributed by atoms with van der Waals surface area (Å²) in [5.74, 6) is -0.837. The monoisotopic (exact) mass is 283 g/mol. The smallest absolute Gasteiger partial charge is 0.310 e. The topological polar surface area (TPSA) is 66.8 Å². The number of carbonyl (C=O) groups excluding carboxylic acids is 1. The molecule has 0 aromatic rings. The van der Waals surface area contributed by atoms with Gasteiger partial charge >= 0.3 is 5.97 Å². The normalized spacial score (nSPS) is 30.0. The van der Waals surface area contributed by atoms with Crippen molar-refractivity contribution in [3.05, 3.63) is 0 Å². The highest BCUT2D eigenvalue weighted by molar-refractivity contribution is 5.85. The molecule has 0 aromatic carbocycles. The fourth-order valence-corrected chi connectivity index (χ4v) is 3.48. The van der Waals surface area contributed by atoms with Crippen LogP contribution in [-0.4, -0.2) is 47.2 Å². The van der Waals surface area contributed by atoms with Crippen molar-refractivity contribution in [3.8, 4) is 0 Å². The molecule has 0 bridgehead atoms. The zero-order valence-corrected chi connectivity index (χ0v) is 12.4. The Hall–Kier alpha value is -1.10. The SMILES string of the molecule is C[C@@H]1CN(C(=O)CC2(C(=O)O)CCCCC2)C[C@H](C)O1. The molecule has 1 saturated heterocycles. The number of amides is 1. The van der Waals surface area contributed by atoms with Gasteiger partial charge in [0.2, 0.25) is 5.91 Å². The van der Waals surface area contributed by atoms with Crippen LogP contribution in [0.25, 0.3) is 0 Å². The van der Waals surface area contributed by atoms with Gasteiger partial charge in [0, 0.05) is 19.5 Å². The molecule has 5 nitrogen and oxygen atoms in total. The Morgan fingerprint density at radius 3 is 2.20 bits per heavy atom. The number of rotatable bonds is 3. The van der Waals surface area contributed by atoms with E-state index in [1.54, 1.807) is 4.90 Å². The van der Waals surface area contributed by atoms with Crippen molar-refractivity contribution in [2.75, 3.05) is 13.1 Å². The number of carboxylic acid groups (broad SMARTS) is 1. The second kappa shape index (κ2) is 6.12. The molecule has 0 unspecified atom stereocenters. The Kier molecular flexibility index (Phi) is 4.68. The van der Waals surface area contributed by atoms with Crippen molar-refractivity contribution in [2.45, 2.75) is 64.6 Å². The van der Waals surface area contributed by atoms with Gasteiger partial charge in [-0.1, -0.05) is 19.3 Å². The number of hydrogen-bond acceptors (Lipinski definition) is 3. The minimum atomic E-state index is -0.833. The van der Waals surface area contributed by atoms with Crippen molar-refractivity contribution >= 4 is 11.9 Å². The van der Waals surface area contributed by atoms with E-state index in [2.05, 4.69) is 0 Å². The lowest BCUT2D eigenvalue weighted by Crippen LogP contribution is -2.50. The zero-order chi connectivity index (χ0) is 14.8. The van der Waals surface area contributed by atoms with Crippen LogP contribution in [0.5, 0.6) is 0 Å². The third-order valence-electron chi connectivity index (χ3n) is 4.53. The predicted octanol–water partition coefficient (Wildman–Crippen LogP) is 2.05. The molecule has 2 atom stereocenters. The van der Waals surface area contributed by atoms with Gasteiger partial charge in [-0.2, -0.15) is 0 Å². The number of nitrogens with zero attached hydrogens (tertiary/aromatic N) is 1. The number of aliphatic carboxylic acids is 1. The van der Waals surface area contributed by atoms with Gasteiger partial charge in [0.1, 0.15) is 0 Å². The van der Waals surface area contributed by atoms with Gasteiger partial charge in [0.25, 0.3) is 0 Å². The molecule has 1 aliphatic heterocycles. The van der Waals surface area contributed by atoms with Crippen LogP contribution < -0.4 is 0 Å². The summed E-state index contributed by atoms with van der Waals surface area (Å²) >= 11 is 0. The molecule has 2 fully saturated rings. The Bertz CT molecular complexity index is 366. The first-order chi connectivity index (χ1) is 9.43. The average molecular weight is 283 g/mol. The summed E-state index contributed by atoms with van der Waals surface area (Å²) in [6.45, 7) is 5.03. The Labute approximate surface area is 120 Å². The molecule has 1 heterocycles. The van der Waals surface area contributed by atoms with Crippen LogP contribution in [0.3, 0.4) is 0 Å². The van der Waals surface area contributed by atoms with Crippen LogP contribution in [0.1, 0.15) is 52.4 Å². The molecule has 2 rings (SSSR count). The molecule has 5 heteroatoms. The van der Waals surface area contributed by atoms with Crippen molar-refractivity contribution in [2.24, 2.45) is 5.41 Å².